The Balaban J connectivity index is 2.02. The molecule has 3 aromatic rings. The van der Waals surface area contributed by atoms with Crippen LogP contribution < -0.4 is 0 Å². The molecule has 0 unspecified atom stereocenters. The lowest BCUT2D eigenvalue weighted by molar-refractivity contribution is -0.145. The summed E-state index contributed by atoms with van der Waals surface area (Å²) in [4.78, 5) is 19.7. The topological polar surface area (TPSA) is 41.9 Å². The average molecular weight is 399 g/mol. The summed E-state index contributed by atoms with van der Waals surface area (Å²) in [6.45, 7) is 4.03. The van der Waals surface area contributed by atoms with Crippen molar-refractivity contribution in [3.05, 3.63) is 102 Å². The minimum Gasteiger partial charge on any atom is -0.465 e. The molecule has 0 amide bonds. The second-order valence-electron chi connectivity index (χ2n) is 7.46. The van der Waals surface area contributed by atoms with Crippen LogP contribution >= 0.6 is 0 Å². The highest BCUT2D eigenvalue weighted by Gasteiger charge is 2.47. The van der Waals surface area contributed by atoms with Crippen LogP contribution in [0.2, 0.25) is 0 Å². The van der Waals surface area contributed by atoms with Gasteiger partial charge in [0.25, 0.3) is 0 Å². The van der Waals surface area contributed by atoms with Crippen molar-refractivity contribution in [3.8, 4) is 0 Å². The number of hydrogen-bond acceptors (Lipinski definition) is 4. The van der Waals surface area contributed by atoms with E-state index in [-0.39, 0.29) is 5.97 Å². The lowest BCUT2D eigenvalue weighted by Crippen LogP contribution is -2.53. The van der Waals surface area contributed by atoms with Crippen LogP contribution in [-0.4, -0.2) is 30.4 Å². The first kappa shape index (κ1) is 19.9. The van der Waals surface area contributed by atoms with Gasteiger partial charge in [0.05, 0.1) is 12.3 Å². The van der Waals surface area contributed by atoms with E-state index in [4.69, 9.17) is 9.73 Å². The van der Waals surface area contributed by atoms with E-state index in [9.17, 15) is 4.79 Å². The van der Waals surface area contributed by atoms with Gasteiger partial charge in [0, 0.05) is 12.6 Å². The van der Waals surface area contributed by atoms with E-state index < -0.39 is 11.5 Å². The number of fused-ring (bicyclic) bond motifs is 1. The lowest BCUT2D eigenvalue weighted by Gasteiger charge is -2.48. The maximum atomic E-state index is 12.7. The number of aliphatic imine (C=N–C) groups is 1. The molecule has 0 spiro atoms. The van der Waals surface area contributed by atoms with Gasteiger partial charge in [-0.05, 0) is 31.0 Å². The Morgan fingerprint density at radius 2 is 1.47 bits per heavy atom. The van der Waals surface area contributed by atoms with Crippen molar-refractivity contribution < 1.29 is 9.53 Å². The summed E-state index contributed by atoms with van der Waals surface area (Å²) >= 11 is 0. The molecule has 3 aromatic carbocycles. The third-order valence-corrected chi connectivity index (χ3v) is 5.79. The van der Waals surface area contributed by atoms with Crippen molar-refractivity contribution in [1.29, 1.82) is 0 Å². The average Bonchev–Trinajstić information content (AvgIpc) is 2.80. The monoisotopic (exact) mass is 398 g/mol. The molecule has 0 saturated heterocycles. The standard InChI is InChI=1S/C26H26N2O2/c1-4-30-25(29)19(2)24-27-23-18-12-11-17-22(23)26(28(24)3,20-13-7-5-8-14-20)21-15-9-6-10-16-21/h5-19H,4H2,1-3H3/t19-/m1/s1. The first-order chi connectivity index (χ1) is 14.6. The molecule has 4 heteroatoms. The van der Waals surface area contributed by atoms with E-state index in [0.29, 0.717) is 12.4 Å². The van der Waals surface area contributed by atoms with Crippen LogP contribution in [-0.2, 0) is 15.1 Å². The molecule has 0 bridgehead atoms. The molecular weight excluding hydrogens is 372 g/mol. The number of esters is 1. The summed E-state index contributed by atoms with van der Waals surface area (Å²) in [5, 5.41) is 0. The zero-order valence-corrected chi connectivity index (χ0v) is 17.6. The Morgan fingerprint density at radius 1 is 0.933 bits per heavy atom. The molecule has 30 heavy (non-hydrogen) atoms. The molecule has 4 nitrogen and oxygen atoms in total. The molecule has 1 aliphatic rings. The fraction of sp³-hybridized carbons (Fsp3) is 0.231. The Morgan fingerprint density at radius 3 is 2.03 bits per heavy atom. The Bertz CT molecular complexity index is 1020. The zero-order valence-electron chi connectivity index (χ0n) is 17.6. The highest BCUT2D eigenvalue weighted by atomic mass is 16.5. The molecule has 152 valence electrons. The molecule has 0 fully saturated rings. The molecule has 0 N–H and O–H groups in total. The van der Waals surface area contributed by atoms with Crippen LogP contribution in [0.5, 0.6) is 0 Å². The Kier molecular flexibility index (Phi) is 5.40. The van der Waals surface area contributed by atoms with Gasteiger partial charge in [-0.3, -0.25) is 4.79 Å². The third kappa shape index (κ3) is 3.09. The zero-order chi connectivity index (χ0) is 21.1. The number of ether oxygens (including phenoxy) is 1. The molecule has 0 aliphatic carbocycles. The van der Waals surface area contributed by atoms with E-state index in [1.54, 1.807) is 0 Å². The van der Waals surface area contributed by atoms with Crippen molar-refractivity contribution in [2.75, 3.05) is 13.7 Å². The van der Waals surface area contributed by atoms with Crippen molar-refractivity contribution >= 4 is 17.5 Å². The van der Waals surface area contributed by atoms with Crippen molar-refractivity contribution in [1.82, 2.24) is 4.90 Å². The summed E-state index contributed by atoms with van der Waals surface area (Å²) in [6, 6.07) is 29.0. The highest BCUT2D eigenvalue weighted by Crippen LogP contribution is 2.48. The van der Waals surface area contributed by atoms with Crippen molar-refractivity contribution in [2.45, 2.75) is 19.4 Å². The van der Waals surface area contributed by atoms with Gasteiger partial charge in [0.15, 0.2) is 0 Å². The number of benzene rings is 3. The first-order valence-electron chi connectivity index (χ1n) is 10.3. The predicted octanol–water partition coefficient (Wildman–Crippen LogP) is 5.15. The van der Waals surface area contributed by atoms with E-state index in [1.807, 2.05) is 51.2 Å². The Hall–Kier alpha value is -3.40. The van der Waals surface area contributed by atoms with E-state index in [1.165, 1.54) is 0 Å². The summed E-state index contributed by atoms with van der Waals surface area (Å²) in [7, 11) is 2.02. The Labute approximate surface area is 177 Å². The van der Waals surface area contributed by atoms with Gasteiger partial charge in [-0.15, -0.1) is 0 Å². The van der Waals surface area contributed by atoms with Gasteiger partial charge >= 0.3 is 5.97 Å². The smallest absolute Gasteiger partial charge is 0.316 e. The van der Waals surface area contributed by atoms with Gasteiger partial charge in [-0.2, -0.15) is 0 Å². The molecule has 0 saturated carbocycles. The number of hydrogen-bond donors (Lipinski definition) is 0. The number of nitrogens with zero attached hydrogens (tertiary/aromatic N) is 2. The summed E-state index contributed by atoms with van der Waals surface area (Å²) in [5.41, 5.74) is 3.58. The van der Waals surface area contributed by atoms with E-state index >= 15 is 0 Å². The number of carbonyl (C=O) groups excluding carboxylic acids is 1. The SMILES string of the molecule is CCOC(=O)[C@H](C)C1=Nc2ccccc2C(c2ccccc2)(c2ccccc2)N1C. The molecule has 4 rings (SSSR count). The summed E-state index contributed by atoms with van der Waals surface area (Å²) in [6.07, 6.45) is 0. The maximum Gasteiger partial charge on any atom is 0.316 e. The van der Waals surface area contributed by atoms with Crippen molar-refractivity contribution in [3.63, 3.8) is 0 Å². The minimum atomic E-state index is -0.614. The van der Waals surface area contributed by atoms with Gasteiger partial charge < -0.3 is 9.64 Å². The van der Waals surface area contributed by atoms with Crippen LogP contribution in [0.1, 0.15) is 30.5 Å². The second kappa shape index (κ2) is 8.15. The highest BCUT2D eigenvalue weighted by molar-refractivity contribution is 6.03. The van der Waals surface area contributed by atoms with E-state index in [2.05, 4.69) is 59.5 Å². The summed E-state index contributed by atoms with van der Waals surface area (Å²) < 4.78 is 5.33. The molecule has 1 heterocycles. The molecule has 1 aliphatic heterocycles. The largest absolute Gasteiger partial charge is 0.465 e. The van der Waals surface area contributed by atoms with Gasteiger partial charge in [0.2, 0.25) is 0 Å². The fourth-order valence-corrected chi connectivity index (χ4v) is 4.41. The number of rotatable bonds is 5. The van der Waals surface area contributed by atoms with Crippen LogP contribution in [0.15, 0.2) is 89.9 Å². The van der Waals surface area contributed by atoms with Gasteiger partial charge in [-0.1, -0.05) is 78.9 Å². The lowest BCUT2D eigenvalue weighted by atomic mass is 9.73. The normalized spacial score (nSPS) is 15.7. The van der Waals surface area contributed by atoms with Crippen LogP contribution in [0, 0.1) is 5.92 Å². The number of amidine groups is 1. The minimum absolute atomic E-state index is 0.266. The fourth-order valence-electron chi connectivity index (χ4n) is 4.41. The second-order valence-corrected chi connectivity index (χ2v) is 7.46. The van der Waals surface area contributed by atoms with Crippen molar-refractivity contribution in [2.24, 2.45) is 10.9 Å². The van der Waals surface area contributed by atoms with E-state index in [0.717, 1.165) is 22.4 Å². The quantitative estimate of drug-likeness (QED) is 0.558. The molecular formula is C26H26N2O2. The number of para-hydroxylation sites is 1. The third-order valence-electron chi connectivity index (χ3n) is 5.79. The molecule has 1 atom stereocenters. The maximum absolute atomic E-state index is 12.7. The van der Waals surface area contributed by atoms with Crippen LogP contribution in [0.25, 0.3) is 0 Å². The molecule has 0 aromatic heterocycles. The van der Waals surface area contributed by atoms with Crippen LogP contribution in [0.4, 0.5) is 5.69 Å². The number of carbonyl (C=O) groups is 1. The van der Waals surface area contributed by atoms with Gasteiger partial charge in [-0.25, -0.2) is 4.99 Å². The predicted molar refractivity (Wildman–Crippen MR) is 120 cm³/mol. The van der Waals surface area contributed by atoms with Crippen LogP contribution in [0.3, 0.4) is 0 Å². The molecule has 0 radical (unpaired) electrons. The first-order valence-corrected chi connectivity index (χ1v) is 10.3. The summed E-state index contributed by atoms with van der Waals surface area (Å²) in [5.74, 6) is -0.0625. The van der Waals surface area contributed by atoms with Gasteiger partial charge in [0.1, 0.15) is 17.3 Å².